The van der Waals surface area contributed by atoms with Crippen molar-refractivity contribution in [3.8, 4) is 11.5 Å². The number of methoxy groups -OCH3 is 2. The molecule has 7 heteroatoms. The lowest BCUT2D eigenvalue weighted by Crippen LogP contribution is -2.15. The van der Waals surface area contributed by atoms with Crippen molar-refractivity contribution in [2.45, 2.75) is 6.92 Å². The van der Waals surface area contributed by atoms with Gasteiger partial charge in [-0.3, -0.25) is 9.59 Å². The smallest absolute Gasteiger partial charge is 0.255 e. The monoisotopic (exact) mass is 408 g/mol. The van der Waals surface area contributed by atoms with Gasteiger partial charge in [0.1, 0.15) is 17.3 Å². The quantitative estimate of drug-likeness (QED) is 0.622. The molecule has 0 heterocycles. The van der Waals surface area contributed by atoms with E-state index in [-0.39, 0.29) is 11.5 Å². The van der Waals surface area contributed by atoms with E-state index < -0.39 is 11.7 Å². The lowest BCUT2D eigenvalue weighted by molar-refractivity contribution is 0.101. The normalized spacial score (nSPS) is 10.3. The fourth-order valence-corrected chi connectivity index (χ4v) is 2.81. The molecule has 0 aliphatic carbocycles. The first-order valence-electron chi connectivity index (χ1n) is 9.13. The van der Waals surface area contributed by atoms with Crippen molar-refractivity contribution in [2.75, 3.05) is 24.9 Å². The SMILES string of the molecule is COc1cc(NC(=O)c2ccc(C)c(F)c2)c(OC)cc1NC(=O)c1ccccc1. The second-order valence-electron chi connectivity index (χ2n) is 6.49. The van der Waals surface area contributed by atoms with Crippen molar-refractivity contribution in [1.29, 1.82) is 0 Å². The van der Waals surface area contributed by atoms with Crippen molar-refractivity contribution in [2.24, 2.45) is 0 Å². The Morgan fingerprint density at radius 1 is 0.767 bits per heavy atom. The van der Waals surface area contributed by atoms with Crippen LogP contribution in [0.1, 0.15) is 26.3 Å². The molecule has 3 rings (SSSR count). The molecule has 3 aromatic rings. The highest BCUT2D eigenvalue weighted by Crippen LogP contribution is 2.37. The zero-order valence-electron chi connectivity index (χ0n) is 16.8. The van der Waals surface area contributed by atoms with Crippen LogP contribution in [-0.4, -0.2) is 26.0 Å². The Kier molecular flexibility index (Phi) is 6.32. The van der Waals surface area contributed by atoms with E-state index in [1.807, 2.05) is 6.07 Å². The largest absolute Gasteiger partial charge is 0.494 e. The van der Waals surface area contributed by atoms with Crippen molar-refractivity contribution in [3.05, 3.63) is 83.2 Å². The number of benzene rings is 3. The average Bonchev–Trinajstić information content (AvgIpc) is 2.76. The number of hydrogen-bond acceptors (Lipinski definition) is 4. The summed E-state index contributed by atoms with van der Waals surface area (Å²) >= 11 is 0. The van der Waals surface area contributed by atoms with Crippen molar-refractivity contribution < 1.29 is 23.5 Å². The molecule has 0 aromatic heterocycles. The van der Waals surface area contributed by atoms with Gasteiger partial charge >= 0.3 is 0 Å². The van der Waals surface area contributed by atoms with Crippen molar-refractivity contribution >= 4 is 23.2 Å². The molecule has 0 saturated carbocycles. The van der Waals surface area contributed by atoms with Gasteiger partial charge in [-0.2, -0.15) is 0 Å². The van der Waals surface area contributed by atoms with Gasteiger partial charge in [0.2, 0.25) is 0 Å². The fourth-order valence-electron chi connectivity index (χ4n) is 2.81. The zero-order valence-corrected chi connectivity index (χ0v) is 16.8. The lowest BCUT2D eigenvalue weighted by atomic mass is 10.1. The maximum absolute atomic E-state index is 13.8. The van der Waals surface area contributed by atoms with E-state index in [9.17, 15) is 14.0 Å². The Hall–Kier alpha value is -3.87. The number of ether oxygens (including phenoxy) is 2. The number of nitrogens with one attached hydrogen (secondary N) is 2. The predicted octanol–water partition coefficient (Wildman–Crippen LogP) is 4.66. The molecule has 0 saturated heterocycles. The van der Waals surface area contributed by atoms with Crippen LogP contribution in [-0.2, 0) is 0 Å². The van der Waals surface area contributed by atoms with E-state index in [1.54, 1.807) is 37.3 Å². The summed E-state index contributed by atoms with van der Waals surface area (Å²) in [4.78, 5) is 25.0. The first kappa shape index (κ1) is 20.9. The maximum Gasteiger partial charge on any atom is 0.255 e. The molecule has 6 nitrogen and oxygen atoms in total. The molecule has 0 aliphatic rings. The Morgan fingerprint density at radius 2 is 1.30 bits per heavy atom. The van der Waals surface area contributed by atoms with Gasteiger partial charge in [-0.1, -0.05) is 24.3 Å². The second kappa shape index (κ2) is 9.09. The van der Waals surface area contributed by atoms with Crippen LogP contribution in [0.25, 0.3) is 0 Å². The minimum atomic E-state index is -0.504. The van der Waals surface area contributed by atoms with E-state index in [0.29, 0.717) is 34.0 Å². The van der Waals surface area contributed by atoms with Crippen LogP contribution in [0.2, 0.25) is 0 Å². The van der Waals surface area contributed by atoms with Crippen LogP contribution < -0.4 is 20.1 Å². The molecular formula is C23H21FN2O4. The van der Waals surface area contributed by atoms with Crippen LogP contribution in [0.15, 0.2) is 60.7 Å². The van der Waals surface area contributed by atoms with E-state index >= 15 is 0 Å². The van der Waals surface area contributed by atoms with E-state index in [1.165, 1.54) is 38.5 Å². The van der Waals surface area contributed by atoms with Crippen LogP contribution >= 0.6 is 0 Å². The third kappa shape index (κ3) is 4.57. The van der Waals surface area contributed by atoms with Gasteiger partial charge in [-0.05, 0) is 36.8 Å². The molecule has 2 amide bonds. The molecule has 0 fully saturated rings. The predicted molar refractivity (Wildman–Crippen MR) is 113 cm³/mol. The van der Waals surface area contributed by atoms with Gasteiger partial charge in [0, 0.05) is 23.3 Å². The molecule has 2 N–H and O–H groups in total. The number of carbonyl (C=O) groups excluding carboxylic acids is 2. The molecule has 0 atom stereocenters. The van der Waals surface area contributed by atoms with Gasteiger partial charge < -0.3 is 20.1 Å². The van der Waals surface area contributed by atoms with Gasteiger partial charge in [-0.25, -0.2) is 4.39 Å². The average molecular weight is 408 g/mol. The number of carbonyl (C=O) groups is 2. The number of rotatable bonds is 6. The summed E-state index contributed by atoms with van der Waals surface area (Å²) in [5, 5.41) is 5.46. The number of aryl methyl sites for hydroxylation is 1. The lowest BCUT2D eigenvalue weighted by Gasteiger charge is -2.16. The number of anilines is 2. The van der Waals surface area contributed by atoms with Crippen molar-refractivity contribution in [3.63, 3.8) is 0 Å². The van der Waals surface area contributed by atoms with Gasteiger partial charge in [-0.15, -0.1) is 0 Å². The fraction of sp³-hybridized carbons (Fsp3) is 0.130. The van der Waals surface area contributed by atoms with Gasteiger partial charge in [0.15, 0.2) is 0 Å². The Labute approximate surface area is 173 Å². The highest BCUT2D eigenvalue weighted by molar-refractivity contribution is 6.07. The molecule has 0 bridgehead atoms. The Bertz CT molecular complexity index is 1080. The number of amides is 2. The summed E-state index contributed by atoms with van der Waals surface area (Å²) in [5.74, 6) is -0.657. The van der Waals surface area contributed by atoms with E-state index in [0.717, 1.165) is 0 Å². The highest BCUT2D eigenvalue weighted by atomic mass is 19.1. The Morgan fingerprint density at radius 3 is 1.80 bits per heavy atom. The zero-order chi connectivity index (χ0) is 21.7. The maximum atomic E-state index is 13.8. The highest BCUT2D eigenvalue weighted by Gasteiger charge is 2.17. The third-order valence-electron chi connectivity index (χ3n) is 4.49. The van der Waals surface area contributed by atoms with E-state index in [2.05, 4.69) is 10.6 Å². The molecule has 30 heavy (non-hydrogen) atoms. The van der Waals surface area contributed by atoms with Crippen LogP contribution in [0.3, 0.4) is 0 Å². The summed E-state index contributed by atoms with van der Waals surface area (Å²) in [6.45, 7) is 1.62. The van der Waals surface area contributed by atoms with Crippen LogP contribution in [0.4, 0.5) is 15.8 Å². The van der Waals surface area contributed by atoms with Gasteiger partial charge in [0.25, 0.3) is 11.8 Å². The molecule has 0 radical (unpaired) electrons. The van der Waals surface area contributed by atoms with Crippen LogP contribution in [0.5, 0.6) is 11.5 Å². The minimum absolute atomic E-state index is 0.167. The molecular weight excluding hydrogens is 387 g/mol. The summed E-state index contributed by atoms with van der Waals surface area (Å²) in [6.07, 6.45) is 0. The standard InChI is InChI=1S/C23H21FN2O4/c1-14-9-10-16(11-17(14)24)23(28)26-19-13-20(29-2)18(12-21(19)30-3)25-22(27)15-7-5-4-6-8-15/h4-13H,1-3H3,(H,25,27)(H,26,28). The molecule has 3 aromatic carbocycles. The van der Waals surface area contributed by atoms with Crippen LogP contribution in [0, 0.1) is 12.7 Å². The Balaban J connectivity index is 1.88. The number of halogens is 1. The second-order valence-corrected chi connectivity index (χ2v) is 6.49. The third-order valence-corrected chi connectivity index (χ3v) is 4.49. The molecule has 0 aliphatic heterocycles. The summed E-state index contributed by atoms with van der Waals surface area (Å²) < 4.78 is 24.5. The molecule has 154 valence electrons. The van der Waals surface area contributed by atoms with Crippen molar-refractivity contribution in [1.82, 2.24) is 0 Å². The summed E-state index contributed by atoms with van der Waals surface area (Å²) in [7, 11) is 2.88. The van der Waals surface area contributed by atoms with E-state index in [4.69, 9.17) is 9.47 Å². The molecule has 0 spiro atoms. The first-order chi connectivity index (χ1) is 14.4. The topological polar surface area (TPSA) is 76.7 Å². The summed E-state index contributed by atoms with van der Waals surface area (Å²) in [5.41, 5.74) is 1.79. The van der Waals surface area contributed by atoms with Gasteiger partial charge in [0.05, 0.1) is 25.6 Å². The number of hydrogen-bond donors (Lipinski definition) is 2. The minimum Gasteiger partial charge on any atom is -0.494 e. The summed E-state index contributed by atoms with van der Waals surface area (Å²) in [6, 6.07) is 16.0. The molecule has 0 unspecified atom stereocenters. The first-order valence-corrected chi connectivity index (χ1v) is 9.13.